The van der Waals surface area contributed by atoms with Crippen LogP contribution in [0.25, 0.3) is 0 Å². The molecule has 6 heterocycles. The Morgan fingerprint density at radius 2 is 0.372 bits per heavy atom. The molecule has 0 saturated carbocycles. The molecule has 0 spiro atoms. The molecule has 0 aliphatic rings. The van der Waals surface area contributed by atoms with Crippen LogP contribution < -0.4 is 81.0 Å². The van der Waals surface area contributed by atoms with Gasteiger partial charge in [-0.3, -0.25) is 0 Å². The molecule has 78 heavy (non-hydrogen) atoms. The molecule has 6 unspecified atom stereocenters. The third-order valence-corrected chi connectivity index (χ3v) is 5.73. The molecule has 6 aromatic rings. The quantitative estimate of drug-likeness (QED) is 0.0512. The molecule has 0 radical (unpaired) electrons. The summed E-state index contributed by atoms with van der Waals surface area (Å²) >= 11 is -35.2. The molecule has 6 atom stereocenters. The monoisotopic (exact) mass is 1540 g/mol. The van der Waals surface area contributed by atoms with Gasteiger partial charge in [0.05, 0.1) is 42.3 Å². The van der Waals surface area contributed by atoms with E-state index < -0.39 is 87.9 Å². The van der Waals surface area contributed by atoms with Gasteiger partial charge in [0.2, 0.25) is 0 Å². The first kappa shape index (κ1) is 84.6. The number of halogens is 6. The summed E-state index contributed by atoms with van der Waals surface area (Å²) in [6.45, 7) is 0. The van der Waals surface area contributed by atoms with Crippen molar-refractivity contribution in [3.05, 3.63) is 112 Å². The summed E-state index contributed by atoms with van der Waals surface area (Å²) in [7, 11) is 21.4. The number of nitrogens with zero attached hydrogens (tertiary/aromatic N) is 12. The Kier molecular flexibility index (Phi) is 47.8. The topological polar surface area (TPSA) is 470 Å². The zero-order valence-corrected chi connectivity index (χ0v) is 54.0. The molecule has 48 heteroatoms. The van der Waals surface area contributed by atoms with Crippen LogP contribution in [0.2, 0.25) is 0 Å². The zero-order valence-electron chi connectivity index (χ0n) is 42.7. The van der Waals surface area contributed by atoms with Crippen LogP contribution in [-0.2, 0) is 64.7 Å². The second-order valence-electron chi connectivity index (χ2n) is 12.4. The molecule has 0 bridgehead atoms. The van der Waals surface area contributed by atoms with E-state index in [-0.39, 0.29) is 0 Å². The number of hydrogen-bond acceptors (Lipinski definition) is 18. The Labute approximate surface area is 459 Å². The Bertz CT molecular complexity index is 2200. The van der Waals surface area contributed by atoms with Gasteiger partial charge < -0.3 is 29.0 Å². The van der Waals surface area contributed by atoms with Gasteiger partial charge in [0.1, 0.15) is 79.8 Å². The molecule has 0 aliphatic heterocycles. The standard InChI is InChI=1S/6C5H9N2O.6AsFH2O3/c6*1-6-3-4-7(5-6)8-2;6*2-1(3,4)5/h6*3-5H,1-2H3;6*(H2,3,4,5)/q6*+1;;;;;;/p-6. The molecule has 36 nitrogen and oxygen atoms in total. The maximum absolute atomic E-state index is 10.3. The van der Waals surface area contributed by atoms with Crippen molar-refractivity contribution in [3.8, 4) is 0 Å². The molecule has 456 valence electrons. The van der Waals surface area contributed by atoms with E-state index in [0.717, 1.165) is 0 Å². The molecule has 6 rings (SSSR count). The first-order chi connectivity index (χ1) is 35.0. The second-order valence-corrected chi connectivity index (χ2v) is 23.8. The Morgan fingerprint density at radius 3 is 0.397 bits per heavy atom. The van der Waals surface area contributed by atoms with Crippen molar-refractivity contribution in [3.63, 3.8) is 0 Å². The third-order valence-electron chi connectivity index (χ3n) is 5.73. The summed E-state index contributed by atoms with van der Waals surface area (Å²) in [5, 5.41) is 0. The van der Waals surface area contributed by atoms with E-state index in [1.165, 1.54) is 0 Å². The summed E-state index contributed by atoms with van der Waals surface area (Å²) in [4.78, 5) is 29.0. The van der Waals surface area contributed by atoms with E-state index in [2.05, 4.69) is 0 Å². The van der Waals surface area contributed by atoms with Crippen molar-refractivity contribution in [1.82, 2.24) is 28.4 Å². The fourth-order valence-electron chi connectivity index (χ4n) is 3.21. The van der Waals surface area contributed by atoms with Crippen LogP contribution in [0.1, 0.15) is 0 Å². The minimum atomic E-state index is -5.88. The average Bonchev–Trinajstić information content (AvgIpc) is 4.11. The van der Waals surface area contributed by atoms with Crippen LogP contribution in [0.4, 0.5) is 20.8 Å². The third kappa shape index (κ3) is 93.8. The summed E-state index contributed by atoms with van der Waals surface area (Å²) in [6, 6.07) is 0. The van der Waals surface area contributed by atoms with Crippen molar-refractivity contribution in [2.24, 2.45) is 42.3 Å². The van der Waals surface area contributed by atoms with Gasteiger partial charge in [-0.25, -0.2) is 27.4 Å². The summed E-state index contributed by atoms with van der Waals surface area (Å²) in [6.07, 6.45) is 33.4. The predicted octanol–water partition coefficient (Wildman–Crippen LogP) is -14.7. The van der Waals surface area contributed by atoms with Crippen molar-refractivity contribution in [2.45, 2.75) is 0 Å². The molecule has 6 aromatic heterocycles. The predicted molar refractivity (Wildman–Crippen MR) is 227 cm³/mol. The van der Waals surface area contributed by atoms with Gasteiger partial charge in [-0.1, -0.05) is 28.4 Å². The molecule has 0 aromatic carbocycles. The Morgan fingerprint density at radius 1 is 0.295 bits per heavy atom. The molecule has 0 aliphatic carbocycles. The van der Waals surface area contributed by atoms with E-state index >= 15 is 0 Å². The number of rotatable bonds is 6. The van der Waals surface area contributed by atoms with Crippen molar-refractivity contribution < 1.29 is 149 Å². The van der Waals surface area contributed by atoms with Crippen molar-refractivity contribution >= 4 is 87.9 Å². The van der Waals surface area contributed by atoms with Crippen LogP contribution in [-0.4, -0.2) is 183 Å². The van der Waals surface area contributed by atoms with Gasteiger partial charge in [-0.2, -0.15) is 0 Å². The zero-order chi connectivity index (χ0) is 62.9. The Hall–Kier alpha value is -4.69. The van der Waals surface area contributed by atoms with Crippen LogP contribution in [0.15, 0.2) is 112 Å². The minimum absolute atomic E-state index is 1.62. The van der Waals surface area contributed by atoms with Crippen LogP contribution >= 0.6 is 0 Å². The number of hydrogen-bond donors (Lipinski definition) is 6. The SMILES string of the molecule is COn1cc[n+](C)c1.COn1cc[n+](C)c1.COn1cc[n+](C)c1.COn1cc[n+](C)c1.COn1cc[n+](C)c1.COn1cc[n+](C)c1.O=[As]([O-])(O)F.O=[As]([O-])(O)F.O=[As]([O-])(O)F.O=[As]([O-])(O)F.O=[As]([O-])(O)F.O=[As]([O-])(O)F. The molecular formula is C30H60As6F6N12O24. The molecular weight excluding hydrogens is 1480 g/mol. The second kappa shape index (κ2) is 44.1. The van der Waals surface area contributed by atoms with Gasteiger partial charge in [-0.05, 0) is 0 Å². The fourth-order valence-corrected chi connectivity index (χ4v) is 3.21. The van der Waals surface area contributed by atoms with E-state index in [0.29, 0.717) is 0 Å². The Balaban J connectivity index is -0.000000183. The average molecular weight is 1540 g/mol. The van der Waals surface area contributed by atoms with Gasteiger partial charge >= 0.3 is 180 Å². The van der Waals surface area contributed by atoms with Gasteiger partial charge in [0, 0.05) is 0 Å². The number of imidazole rings is 6. The maximum atomic E-state index is 10.3. The fraction of sp³-hybridized carbons (Fsp3) is 0.400. The van der Waals surface area contributed by atoms with Crippen molar-refractivity contribution in [2.75, 3.05) is 42.7 Å². The van der Waals surface area contributed by atoms with Crippen LogP contribution in [0.3, 0.4) is 0 Å². The van der Waals surface area contributed by atoms with Crippen LogP contribution in [0.5, 0.6) is 0 Å². The molecule has 0 saturated heterocycles. The number of aryl methyl sites for hydroxylation is 6. The van der Waals surface area contributed by atoms with E-state index in [9.17, 15) is 20.8 Å². The van der Waals surface area contributed by atoms with Gasteiger partial charge in [0.25, 0.3) is 38.0 Å². The van der Waals surface area contributed by atoms with E-state index in [1.807, 2.05) is 182 Å². The van der Waals surface area contributed by atoms with E-state index in [1.54, 1.807) is 71.0 Å². The summed E-state index contributed by atoms with van der Waals surface area (Å²) < 4.78 is 228. The van der Waals surface area contributed by atoms with Crippen molar-refractivity contribution in [1.29, 1.82) is 0 Å². The molecule has 0 amide bonds. The van der Waals surface area contributed by atoms with Crippen LogP contribution in [0, 0.1) is 0 Å². The molecule has 0 fully saturated rings. The summed E-state index contributed by atoms with van der Waals surface area (Å²) in [5.41, 5.74) is 0. The first-order valence-electron chi connectivity index (χ1n) is 18.8. The normalized spacial score (nSPS) is 13.9. The number of aromatic nitrogens is 12. The molecule has 6 N–H and O–H groups in total. The van der Waals surface area contributed by atoms with E-state index in [4.69, 9.17) is 101 Å². The van der Waals surface area contributed by atoms with Gasteiger partial charge in [-0.15, -0.1) is 0 Å². The first-order valence-corrected chi connectivity index (χ1v) is 37.3. The van der Waals surface area contributed by atoms with Gasteiger partial charge in [0.15, 0.2) is 37.2 Å². The summed E-state index contributed by atoms with van der Waals surface area (Å²) in [5.74, 6) is 0.